The highest BCUT2D eigenvalue weighted by Crippen LogP contribution is 2.32. The molecule has 2 aromatic carbocycles. The average Bonchev–Trinajstić information content (AvgIpc) is 3.15. The van der Waals surface area contributed by atoms with Crippen LogP contribution in [0.2, 0.25) is 0 Å². The zero-order valence-corrected chi connectivity index (χ0v) is 17.3. The average molecular weight is 408 g/mol. The van der Waals surface area contributed by atoms with Gasteiger partial charge in [0.15, 0.2) is 11.5 Å². The molecule has 4 nitrogen and oxygen atoms in total. The van der Waals surface area contributed by atoms with Gasteiger partial charge < -0.3 is 27.2 Å². The van der Waals surface area contributed by atoms with E-state index in [1.807, 2.05) is 24.3 Å². The maximum Gasteiger partial charge on any atom is 0.166 e. The standard InChI is InChI=1S/C22H29FN2O2.ClH/c1-3-25-13-7-10-19(25)15-24-14-17-9-6-12-21(26-2)22(17)27-16-18-8-4-5-11-20(18)23;/h4-6,8-9,11-12,19,24H,3,7,10,13-16H2,1-2H3;1H/p-1. The van der Waals surface area contributed by atoms with Gasteiger partial charge in [0, 0.05) is 30.3 Å². The van der Waals surface area contributed by atoms with Gasteiger partial charge in [-0.15, -0.1) is 0 Å². The summed E-state index contributed by atoms with van der Waals surface area (Å²) in [5.74, 6) is 1.09. The van der Waals surface area contributed by atoms with Gasteiger partial charge in [0.05, 0.1) is 7.11 Å². The molecule has 28 heavy (non-hydrogen) atoms. The molecule has 3 rings (SSSR count). The summed E-state index contributed by atoms with van der Waals surface area (Å²) in [6.45, 7) is 6.33. The van der Waals surface area contributed by atoms with Crippen molar-refractivity contribution in [2.24, 2.45) is 0 Å². The minimum absolute atomic E-state index is 0. The van der Waals surface area contributed by atoms with Crippen LogP contribution in [0.5, 0.6) is 11.5 Å². The summed E-state index contributed by atoms with van der Waals surface area (Å²) in [5, 5.41) is 3.56. The molecule has 0 amide bonds. The molecule has 1 aliphatic heterocycles. The van der Waals surface area contributed by atoms with Crippen LogP contribution in [0.3, 0.4) is 0 Å². The Bertz CT molecular complexity index is 744. The maximum absolute atomic E-state index is 13.9. The van der Waals surface area contributed by atoms with Crippen LogP contribution in [0, 0.1) is 5.82 Å². The lowest BCUT2D eigenvalue weighted by Gasteiger charge is -2.23. The molecule has 1 atom stereocenters. The van der Waals surface area contributed by atoms with Gasteiger partial charge in [-0.05, 0) is 38.1 Å². The van der Waals surface area contributed by atoms with Crippen molar-refractivity contribution in [3.63, 3.8) is 0 Å². The molecule has 1 aliphatic rings. The number of ether oxygens (including phenoxy) is 2. The van der Waals surface area contributed by atoms with Crippen molar-refractivity contribution in [1.29, 1.82) is 0 Å². The van der Waals surface area contributed by atoms with Crippen molar-refractivity contribution in [2.45, 2.75) is 39.0 Å². The molecular weight excluding hydrogens is 379 g/mol. The fraction of sp³-hybridized carbons (Fsp3) is 0.455. The third kappa shape index (κ3) is 5.60. The summed E-state index contributed by atoms with van der Waals surface area (Å²) < 4.78 is 25.3. The first kappa shape index (κ1) is 22.5. The normalized spacial score (nSPS) is 16.6. The smallest absolute Gasteiger partial charge is 0.166 e. The highest BCUT2D eigenvalue weighted by molar-refractivity contribution is 5.46. The van der Waals surface area contributed by atoms with Gasteiger partial charge in [0.2, 0.25) is 0 Å². The van der Waals surface area contributed by atoms with Crippen LogP contribution in [-0.2, 0) is 13.2 Å². The van der Waals surface area contributed by atoms with E-state index in [2.05, 4.69) is 17.1 Å². The van der Waals surface area contributed by atoms with Crippen molar-refractivity contribution in [3.8, 4) is 11.5 Å². The Morgan fingerprint density at radius 2 is 1.93 bits per heavy atom. The van der Waals surface area contributed by atoms with Crippen LogP contribution in [0.25, 0.3) is 0 Å². The van der Waals surface area contributed by atoms with E-state index in [1.165, 1.54) is 25.5 Å². The van der Waals surface area contributed by atoms with Crippen LogP contribution in [0.4, 0.5) is 4.39 Å². The van der Waals surface area contributed by atoms with Gasteiger partial charge in [-0.25, -0.2) is 4.39 Å². The van der Waals surface area contributed by atoms with E-state index in [-0.39, 0.29) is 24.8 Å². The summed E-state index contributed by atoms with van der Waals surface area (Å²) in [7, 11) is 1.63. The molecule has 0 bridgehead atoms. The molecule has 0 aromatic heterocycles. The molecule has 0 aliphatic carbocycles. The molecule has 154 valence electrons. The molecule has 2 aromatic rings. The van der Waals surface area contributed by atoms with Crippen molar-refractivity contribution in [1.82, 2.24) is 10.2 Å². The van der Waals surface area contributed by atoms with E-state index in [0.717, 1.165) is 18.7 Å². The van der Waals surface area contributed by atoms with Gasteiger partial charge >= 0.3 is 0 Å². The van der Waals surface area contributed by atoms with E-state index in [1.54, 1.807) is 19.2 Å². The lowest BCUT2D eigenvalue weighted by Crippen LogP contribution is -3.00. The molecule has 1 heterocycles. The molecule has 1 N–H and O–H groups in total. The highest BCUT2D eigenvalue weighted by atomic mass is 35.5. The third-order valence-electron chi connectivity index (χ3n) is 5.21. The lowest BCUT2D eigenvalue weighted by atomic mass is 10.1. The Kier molecular flexibility index (Phi) is 9.03. The minimum atomic E-state index is -0.257. The van der Waals surface area contributed by atoms with Crippen molar-refractivity contribution in [2.75, 3.05) is 26.7 Å². The first-order chi connectivity index (χ1) is 13.2. The number of rotatable bonds is 9. The quantitative estimate of drug-likeness (QED) is 0.672. The number of benzene rings is 2. The number of halogens is 2. The molecule has 1 fully saturated rings. The van der Waals surface area contributed by atoms with E-state index in [0.29, 0.717) is 29.6 Å². The molecular formula is C22H29ClFN2O2-. The number of hydrogen-bond donors (Lipinski definition) is 1. The highest BCUT2D eigenvalue weighted by Gasteiger charge is 2.22. The Morgan fingerprint density at radius 1 is 1.14 bits per heavy atom. The fourth-order valence-corrected chi connectivity index (χ4v) is 3.71. The summed E-state index contributed by atoms with van der Waals surface area (Å²) >= 11 is 0. The second-order valence-electron chi connectivity index (χ2n) is 6.88. The number of nitrogens with zero attached hydrogens (tertiary/aromatic N) is 1. The van der Waals surface area contributed by atoms with Gasteiger partial charge in [0.1, 0.15) is 12.4 Å². The molecule has 1 unspecified atom stereocenters. The third-order valence-corrected chi connectivity index (χ3v) is 5.21. The van der Waals surface area contributed by atoms with Gasteiger partial charge in [-0.2, -0.15) is 0 Å². The topological polar surface area (TPSA) is 33.7 Å². The Balaban J connectivity index is 0.00000280. The lowest BCUT2D eigenvalue weighted by molar-refractivity contribution is -0.00000681. The van der Waals surface area contributed by atoms with Gasteiger partial charge in [-0.1, -0.05) is 37.3 Å². The van der Waals surface area contributed by atoms with Crippen molar-refractivity contribution >= 4 is 0 Å². The maximum atomic E-state index is 13.9. The first-order valence-electron chi connectivity index (χ1n) is 9.69. The van der Waals surface area contributed by atoms with Crippen LogP contribution < -0.4 is 27.2 Å². The zero-order chi connectivity index (χ0) is 19.1. The van der Waals surface area contributed by atoms with Crippen molar-refractivity contribution in [3.05, 3.63) is 59.4 Å². The number of likely N-dealkylation sites (N-methyl/N-ethyl adjacent to an activating group) is 1. The number of methoxy groups -OCH3 is 1. The Labute approximate surface area is 173 Å². The second-order valence-corrected chi connectivity index (χ2v) is 6.88. The molecule has 0 saturated carbocycles. The minimum Gasteiger partial charge on any atom is -1.00 e. The molecule has 0 radical (unpaired) electrons. The number of nitrogens with one attached hydrogen (secondary N) is 1. The summed E-state index contributed by atoms with van der Waals surface area (Å²) in [4.78, 5) is 2.52. The van der Waals surface area contributed by atoms with E-state index < -0.39 is 0 Å². The first-order valence-corrected chi connectivity index (χ1v) is 9.69. The molecule has 6 heteroatoms. The number of likely N-dealkylation sites (tertiary alicyclic amines) is 1. The van der Waals surface area contributed by atoms with E-state index in [9.17, 15) is 4.39 Å². The second kappa shape index (κ2) is 11.2. The zero-order valence-electron chi connectivity index (χ0n) is 16.6. The van der Waals surface area contributed by atoms with E-state index in [4.69, 9.17) is 9.47 Å². The summed E-state index contributed by atoms with van der Waals surface area (Å²) in [5.41, 5.74) is 1.55. The Morgan fingerprint density at radius 3 is 2.68 bits per heavy atom. The largest absolute Gasteiger partial charge is 1.00 e. The summed E-state index contributed by atoms with van der Waals surface area (Å²) in [6.07, 6.45) is 2.52. The SMILES string of the molecule is CCN1CCCC1CNCc1cccc(OC)c1OCc1ccccc1F.[Cl-]. The predicted molar refractivity (Wildman–Crippen MR) is 106 cm³/mol. The van der Waals surface area contributed by atoms with Crippen LogP contribution in [-0.4, -0.2) is 37.7 Å². The fourth-order valence-electron chi connectivity index (χ4n) is 3.71. The molecule has 1 saturated heterocycles. The molecule has 0 spiro atoms. The van der Waals surface area contributed by atoms with E-state index >= 15 is 0 Å². The number of para-hydroxylation sites is 1. The number of hydrogen-bond acceptors (Lipinski definition) is 4. The van der Waals surface area contributed by atoms with Gasteiger partial charge in [0.25, 0.3) is 0 Å². The van der Waals surface area contributed by atoms with Crippen molar-refractivity contribution < 1.29 is 26.3 Å². The predicted octanol–water partition coefficient (Wildman–Crippen LogP) is 0.991. The van der Waals surface area contributed by atoms with Crippen LogP contribution in [0.15, 0.2) is 42.5 Å². The van der Waals surface area contributed by atoms with Gasteiger partial charge in [-0.3, -0.25) is 4.90 Å². The monoisotopic (exact) mass is 407 g/mol. The van der Waals surface area contributed by atoms with Crippen LogP contribution in [0.1, 0.15) is 30.9 Å². The van der Waals surface area contributed by atoms with Crippen LogP contribution >= 0.6 is 0 Å². The summed E-state index contributed by atoms with van der Waals surface area (Å²) in [6, 6.07) is 13.1. The Hall–Kier alpha value is -1.82.